The summed E-state index contributed by atoms with van der Waals surface area (Å²) in [6.45, 7) is 0. The first kappa shape index (κ1) is 29.5. The molecule has 0 radical (unpaired) electrons. The van der Waals surface area contributed by atoms with Crippen LogP contribution in [-0.4, -0.2) is 9.97 Å². The van der Waals surface area contributed by atoms with Crippen molar-refractivity contribution in [2.45, 2.75) is 0 Å². The molecule has 2 heterocycles. The molecule has 9 aromatic rings. The number of pyridine rings is 2. The first-order chi connectivity index (χ1) is 24.8. The molecule has 0 aliphatic heterocycles. The summed E-state index contributed by atoms with van der Waals surface area (Å²) >= 11 is 0. The van der Waals surface area contributed by atoms with E-state index in [9.17, 15) is 0 Å². The first-order valence-corrected chi connectivity index (χ1v) is 17.0. The number of hydrogen-bond donors (Lipinski definition) is 0. The Morgan fingerprint density at radius 2 is 0.580 bits per heavy atom. The highest BCUT2D eigenvalue weighted by atomic mass is 14.6. The zero-order chi connectivity index (χ0) is 33.3. The van der Waals surface area contributed by atoms with Gasteiger partial charge in [-0.05, 0) is 125 Å². The van der Waals surface area contributed by atoms with Crippen molar-refractivity contribution < 1.29 is 0 Å². The Hall–Kier alpha value is -6.64. The lowest BCUT2D eigenvalue weighted by Crippen LogP contribution is -1.92. The topological polar surface area (TPSA) is 25.8 Å². The Labute approximate surface area is 292 Å². The minimum Gasteiger partial charge on any atom is -0.265 e. The second-order valence-electron chi connectivity index (χ2n) is 12.6. The Bertz CT molecular complexity index is 2590. The summed E-state index contributed by atoms with van der Waals surface area (Å²) in [5.74, 6) is 0. The van der Waals surface area contributed by atoms with Crippen LogP contribution < -0.4 is 0 Å². The Balaban J connectivity index is 1.27. The van der Waals surface area contributed by atoms with Crippen molar-refractivity contribution in [3.05, 3.63) is 195 Å². The molecule has 0 saturated heterocycles. The summed E-state index contributed by atoms with van der Waals surface area (Å²) < 4.78 is 0. The molecule has 0 amide bonds. The highest BCUT2D eigenvalue weighted by molar-refractivity contribution is 6.22. The van der Waals surface area contributed by atoms with Crippen LogP contribution in [0.5, 0.6) is 0 Å². The molecule has 50 heavy (non-hydrogen) atoms. The minimum absolute atomic E-state index is 1.16. The van der Waals surface area contributed by atoms with Crippen LogP contribution in [0.1, 0.15) is 0 Å². The molecule has 0 atom stereocenters. The number of benzene rings is 7. The van der Waals surface area contributed by atoms with E-state index in [4.69, 9.17) is 0 Å². The fourth-order valence-electron chi connectivity index (χ4n) is 7.24. The molecule has 234 valence electrons. The van der Waals surface area contributed by atoms with Gasteiger partial charge in [-0.3, -0.25) is 9.97 Å². The van der Waals surface area contributed by atoms with E-state index in [0.29, 0.717) is 0 Å². The van der Waals surface area contributed by atoms with E-state index in [1.165, 1.54) is 77.2 Å². The van der Waals surface area contributed by atoms with Crippen molar-refractivity contribution in [1.82, 2.24) is 9.97 Å². The predicted molar refractivity (Wildman–Crippen MR) is 210 cm³/mol. The van der Waals surface area contributed by atoms with E-state index < -0.39 is 0 Å². The molecule has 0 aliphatic carbocycles. The van der Waals surface area contributed by atoms with Crippen LogP contribution in [0.25, 0.3) is 88.3 Å². The van der Waals surface area contributed by atoms with Gasteiger partial charge in [-0.25, -0.2) is 0 Å². The fourth-order valence-corrected chi connectivity index (χ4v) is 7.24. The van der Waals surface area contributed by atoms with Crippen molar-refractivity contribution in [1.29, 1.82) is 0 Å². The Morgan fingerprint density at radius 3 is 1.14 bits per heavy atom. The number of aromatic nitrogens is 2. The van der Waals surface area contributed by atoms with Crippen LogP contribution in [0.4, 0.5) is 0 Å². The van der Waals surface area contributed by atoms with Crippen molar-refractivity contribution >= 4 is 21.5 Å². The zero-order valence-electron chi connectivity index (χ0n) is 27.4. The summed E-state index contributed by atoms with van der Waals surface area (Å²) in [6.07, 6.45) is 7.39. The third-order valence-electron chi connectivity index (χ3n) is 9.70. The van der Waals surface area contributed by atoms with Crippen LogP contribution in [0, 0.1) is 0 Å². The lowest BCUT2D eigenvalue weighted by molar-refractivity contribution is 1.33. The molecule has 0 saturated carbocycles. The minimum atomic E-state index is 1.16. The maximum Gasteiger partial charge on any atom is 0.0273 e. The Morgan fingerprint density at radius 1 is 0.220 bits per heavy atom. The second kappa shape index (κ2) is 12.8. The average Bonchev–Trinajstić information content (AvgIpc) is 3.21. The van der Waals surface area contributed by atoms with Gasteiger partial charge >= 0.3 is 0 Å². The van der Waals surface area contributed by atoms with E-state index in [2.05, 4.69) is 180 Å². The number of fused-ring (bicyclic) bond motifs is 2. The van der Waals surface area contributed by atoms with Gasteiger partial charge in [0.2, 0.25) is 0 Å². The van der Waals surface area contributed by atoms with E-state index in [1.54, 1.807) is 0 Å². The monoisotopic (exact) mass is 636 g/mol. The standard InChI is InChI=1S/C48H32N2/c1-2-7-33(8-3-1)40-9-6-10-41(31-40)42-21-22-45-46(32-42)48(39-19-15-35(16-20-39)37-25-29-50-30-26-37)44-12-5-4-11-43(44)47(45)38-17-13-34(14-18-38)36-23-27-49-28-24-36/h1-32H. The summed E-state index contributed by atoms with van der Waals surface area (Å²) in [5.41, 5.74) is 14.4. The molecule has 2 aromatic heterocycles. The summed E-state index contributed by atoms with van der Waals surface area (Å²) in [4.78, 5) is 8.42. The van der Waals surface area contributed by atoms with Crippen molar-refractivity contribution in [3.63, 3.8) is 0 Å². The van der Waals surface area contributed by atoms with E-state index in [-0.39, 0.29) is 0 Å². The number of rotatable bonds is 6. The third-order valence-corrected chi connectivity index (χ3v) is 9.70. The Kier molecular flexibility index (Phi) is 7.53. The SMILES string of the molecule is c1ccc(-c2cccc(-c3ccc4c(-c5ccc(-c6ccncc6)cc5)c5ccccc5c(-c5ccc(-c6ccncc6)cc5)c4c3)c2)cc1. The van der Waals surface area contributed by atoms with Crippen molar-refractivity contribution in [2.75, 3.05) is 0 Å². The molecular formula is C48H32N2. The molecule has 2 heteroatoms. The van der Waals surface area contributed by atoms with Crippen LogP contribution in [0.2, 0.25) is 0 Å². The van der Waals surface area contributed by atoms with Crippen LogP contribution in [0.15, 0.2) is 195 Å². The quantitative estimate of drug-likeness (QED) is 0.170. The smallest absolute Gasteiger partial charge is 0.0273 e. The third kappa shape index (κ3) is 5.43. The normalized spacial score (nSPS) is 11.2. The lowest BCUT2D eigenvalue weighted by atomic mass is 9.84. The van der Waals surface area contributed by atoms with Gasteiger partial charge in [0, 0.05) is 24.8 Å². The zero-order valence-corrected chi connectivity index (χ0v) is 27.4. The number of nitrogens with zero attached hydrogens (tertiary/aromatic N) is 2. The summed E-state index contributed by atoms with van der Waals surface area (Å²) in [5, 5.41) is 4.94. The highest BCUT2D eigenvalue weighted by Gasteiger charge is 2.18. The molecule has 2 nitrogen and oxygen atoms in total. The highest BCUT2D eigenvalue weighted by Crippen LogP contribution is 2.45. The summed E-state index contributed by atoms with van der Waals surface area (Å²) in [6, 6.07) is 61.5. The maximum atomic E-state index is 4.21. The predicted octanol–water partition coefficient (Wildman–Crippen LogP) is 12.8. The van der Waals surface area contributed by atoms with E-state index in [0.717, 1.165) is 11.1 Å². The molecule has 0 aliphatic rings. The molecule has 0 bridgehead atoms. The van der Waals surface area contributed by atoms with E-state index in [1.807, 2.05) is 24.8 Å². The van der Waals surface area contributed by atoms with Gasteiger partial charge in [-0.2, -0.15) is 0 Å². The van der Waals surface area contributed by atoms with Gasteiger partial charge < -0.3 is 0 Å². The molecule has 0 N–H and O–H groups in total. The molecule has 0 fully saturated rings. The van der Waals surface area contributed by atoms with Gasteiger partial charge in [0.05, 0.1) is 0 Å². The first-order valence-electron chi connectivity index (χ1n) is 17.0. The van der Waals surface area contributed by atoms with E-state index >= 15 is 0 Å². The average molecular weight is 637 g/mol. The van der Waals surface area contributed by atoms with Crippen LogP contribution >= 0.6 is 0 Å². The second-order valence-corrected chi connectivity index (χ2v) is 12.6. The molecule has 9 rings (SSSR count). The van der Waals surface area contributed by atoms with Gasteiger partial charge in [0.25, 0.3) is 0 Å². The van der Waals surface area contributed by atoms with Crippen LogP contribution in [0.3, 0.4) is 0 Å². The van der Waals surface area contributed by atoms with Crippen LogP contribution in [-0.2, 0) is 0 Å². The van der Waals surface area contributed by atoms with Gasteiger partial charge in [0.1, 0.15) is 0 Å². The fraction of sp³-hybridized carbons (Fsp3) is 0. The van der Waals surface area contributed by atoms with Crippen molar-refractivity contribution in [3.8, 4) is 66.8 Å². The van der Waals surface area contributed by atoms with Gasteiger partial charge in [-0.15, -0.1) is 0 Å². The molecule has 7 aromatic carbocycles. The lowest BCUT2D eigenvalue weighted by Gasteiger charge is -2.19. The summed E-state index contributed by atoms with van der Waals surface area (Å²) in [7, 11) is 0. The largest absolute Gasteiger partial charge is 0.265 e. The maximum absolute atomic E-state index is 4.21. The number of hydrogen-bond acceptors (Lipinski definition) is 2. The van der Waals surface area contributed by atoms with Gasteiger partial charge in [0.15, 0.2) is 0 Å². The molecule has 0 spiro atoms. The van der Waals surface area contributed by atoms with Crippen molar-refractivity contribution in [2.24, 2.45) is 0 Å². The molecular weight excluding hydrogens is 605 g/mol. The van der Waals surface area contributed by atoms with Gasteiger partial charge in [-0.1, -0.05) is 133 Å². The molecule has 0 unspecified atom stereocenters.